The Morgan fingerprint density at radius 2 is 1.13 bits per heavy atom. The third kappa shape index (κ3) is 9.44. The molecule has 0 N–H and O–H groups in total. The highest BCUT2D eigenvalue weighted by atomic mass is 19.3. The Bertz CT molecular complexity index is 3310. The SMILES string of the molecule is CC(C)(C)C1Cc2ccccc2-c2nnn(C(C)(C)C)c2-c2ccc(-c3ccc4c(c3)CN(C(C)(C)C)c3ccc(CC(C)(C)C5CCc6c(nnn6C(C)(C)C)C(F)(F)CC5)cc3-c3c-4nnn3C(C)(C)C)cc21. The fourth-order valence-corrected chi connectivity index (χ4v) is 12.5. The monoisotopic (exact) mass is 1010 g/mol. The van der Waals surface area contributed by atoms with Crippen LogP contribution in [-0.2, 0) is 48.3 Å². The zero-order chi connectivity index (χ0) is 54.2. The normalized spacial score (nSPS) is 18.1. The maximum Gasteiger partial charge on any atom is 0.293 e. The van der Waals surface area contributed by atoms with Crippen molar-refractivity contribution in [1.82, 2.24) is 45.0 Å². The van der Waals surface area contributed by atoms with Crippen LogP contribution < -0.4 is 4.90 Å². The summed E-state index contributed by atoms with van der Waals surface area (Å²) < 4.78 is 37.9. The van der Waals surface area contributed by atoms with E-state index in [1.54, 1.807) is 4.68 Å². The van der Waals surface area contributed by atoms with Crippen LogP contribution in [0.3, 0.4) is 0 Å². The van der Waals surface area contributed by atoms with Gasteiger partial charge in [-0.25, -0.2) is 14.0 Å². The lowest BCUT2D eigenvalue weighted by Crippen LogP contribution is -2.42. The number of anilines is 1. The third-order valence-corrected chi connectivity index (χ3v) is 16.5. The fraction of sp³-hybridized carbons (Fsp3) is 0.524. The van der Waals surface area contributed by atoms with E-state index in [0.29, 0.717) is 25.1 Å². The summed E-state index contributed by atoms with van der Waals surface area (Å²) in [6, 6.07) is 29.7. The van der Waals surface area contributed by atoms with Crippen molar-refractivity contribution >= 4 is 5.69 Å². The molecule has 75 heavy (non-hydrogen) atoms. The van der Waals surface area contributed by atoms with Gasteiger partial charge in [-0.1, -0.05) is 111 Å². The van der Waals surface area contributed by atoms with Crippen LogP contribution in [0.15, 0.2) is 78.9 Å². The van der Waals surface area contributed by atoms with E-state index in [1.165, 1.54) is 22.3 Å². The van der Waals surface area contributed by atoms with Crippen LogP contribution in [0.5, 0.6) is 0 Å². The zero-order valence-corrected chi connectivity index (χ0v) is 47.8. The Morgan fingerprint density at radius 1 is 0.560 bits per heavy atom. The van der Waals surface area contributed by atoms with Crippen LogP contribution in [-0.4, -0.2) is 50.5 Å². The van der Waals surface area contributed by atoms with Gasteiger partial charge in [0, 0.05) is 46.4 Å². The summed E-state index contributed by atoms with van der Waals surface area (Å²) in [7, 11) is 0. The first-order valence-corrected chi connectivity index (χ1v) is 27.4. The molecule has 0 saturated carbocycles. The maximum atomic E-state index is 16.0. The number of hydrogen-bond donors (Lipinski definition) is 0. The first-order valence-electron chi connectivity index (χ1n) is 27.4. The highest BCUT2D eigenvalue weighted by molar-refractivity contribution is 5.90. The van der Waals surface area contributed by atoms with Crippen molar-refractivity contribution in [2.45, 2.75) is 197 Å². The van der Waals surface area contributed by atoms with Gasteiger partial charge in [0.15, 0.2) is 5.69 Å². The highest BCUT2D eigenvalue weighted by Crippen LogP contribution is 2.52. The van der Waals surface area contributed by atoms with Gasteiger partial charge in [-0.2, -0.15) is 8.78 Å². The van der Waals surface area contributed by atoms with Gasteiger partial charge in [0.1, 0.15) is 11.4 Å². The van der Waals surface area contributed by atoms with Crippen LogP contribution >= 0.6 is 0 Å². The molecule has 2 aliphatic carbocycles. The molecule has 4 aromatic carbocycles. The minimum Gasteiger partial charge on any atom is -0.362 e. The molecule has 0 radical (unpaired) electrons. The number of rotatable bonds is 4. The van der Waals surface area contributed by atoms with Crippen molar-refractivity contribution in [3.05, 3.63) is 113 Å². The summed E-state index contributed by atoms with van der Waals surface area (Å²) in [5.41, 5.74) is 15.3. The molecule has 7 aromatic rings. The Balaban J connectivity index is 1.08. The lowest BCUT2D eigenvalue weighted by molar-refractivity contribution is -0.0332. The smallest absolute Gasteiger partial charge is 0.293 e. The average Bonchev–Trinajstić information content (AvgIpc) is 4.06. The van der Waals surface area contributed by atoms with Crippen LogP contribution in [0.25, 0.3) is 56.2 Å². The van der Waals surface area contributed by atoms with E-state index in [2.05, 4.69) is 200 Å². The lowest BCUT2D eigenvalue weighted by Gasteiger charge is -2.41. The molecular weight excluding hydrogens is 935 g/mol. The Labute approximate surface area is 444 Å². The first kappa shape index (κ1) is 52.4. The minimum absolute atomic E-state index is 0.0490. The van der Waals surface area contributed by atoms with Gasteiger partial charge >= 0.3 is 0 Å². The largest absolute Gasteiger partial charge is 0.362 e. The maximum absolute atomic E-state index is 16.0. The van der Waals surface area contributed by atoms with Gasteiger partial charge in [0.2, 0.25) is 0 Å². The molecule has 396 valence electrons. The number of halogens is 2. The number of fused-ring (bicyclic) bond motifs is 11. The van der Waals surface area contributed by atoms with Crippen molar-refractivity contribution in [2.75, 3.05) is 4.90 Å². The second-order valence-electron chi connectivity index (χ2n) is 27.9. The summed E-state index contributed by atoms with van der Waals surface area (Å²) in [6.07, 6.45) is 3.06. The van der Waals surface area contributed by atoms with E-state index in [4.69, 9.17) is 20.6 Å². The molecule has 2 unspecified atom stereocenters. The molecule has 1 aliphatic heterocycles. The van der Waals surface area contributed by atoms with E-state index >= 15 is 8.78 Å². The molecule has 0 fully saturated rings. The van der Waals surface area contributed by atoms with E-state index in [-0.39, 0.29) is 51.4 Å². The predicted molar refractivity (Wildman–Crippen MR) is 300 cm³/mol. The number of nitrogens with zero attached hydrogens (tertiary/aromatic N) is 10. The molecule has 0 amide bonds. The molecule has 4 heterocycles. The summed E-state index contributed by atoms with van der Waals surface area (Å²) in [5.74, 6) is -2.78. The Hall–Kier alpha value is -6.04. The topological polar surface area (TPSA) is 95.4 Å². The number of hydrogen-bond acceptors (Lipinski definition) is 7. The molecule has 10 nitrogen and oxygen atoms in total. The molecule has 10 rings (SSSR count). The summed E-state index contributed by atoms with van der Waals surface area (Å²) in [4.78, 5) is 2.54. The lowest BCUT2D eigenvalue weighted by atomic mass is 9.69. The van der Waals surface area contributed by atoms with E-state index in [9.17, 15) is 0 Å². The Morgan fingerprint density at radius 3 is 1.75 bits per heavy atom. The van der Waals surface area contributed by atoms with Crippen LogP contribution in [0.4, 0.5) is 14.5 Å². The predicted octanol–water partition coefficient (Wildman–Crippen LogP) is 15.6. The summed E-state index contributed by atoms with van der Waals surface area (Å²) in [5, 5.41) is 28.1. The van der Waals surface area contributed by atoms with Crippen LogP contribution in [0, 0.1) is 16.7 Å². The van der Waals surface area contributed by atoms with Crippen molar-refractivity contribution < 1.29 is 8.78 Å². The van der Waals surface area contributed by atoms with Gasteiger partial charge in [0.05, 0.1) is 33.7 Å². The number of alkyl halides is 2. The van der Waals surface area contributed by atoms with Gasteiger partial charge in [-0.15, -0.1) is 15.3 Å². The summed E-state index contributed by atoms with van der Waals surface area (Å²) in [6.45, 7) is 38.3. The van der Waals surface area contributed by atoms with E-state index < -0.39 is 11.5 Å². The molecule has 12 heteroatoms. The third-order valence-electron chi connectivity index (χ3n) is 16.5. The van der Waals surface area contributed by atoms with Gasteiger partial charge in [-0.3, -0.25) is 0 Å². The molecule has 0 bridgehead atoms. The average molecular weight is 1020 g/mol. The summed E-state index contributed by atoms with van der Waals surface area (Å²) >= 11 is 0. The van der Waals surface area contributed by atoms with Gasteiger partial charge in [-0.05, 0) is 189 Å². The molecule has 0 saturated heterocycles. The van der Waals surface area contributed by atoms with Crippen molar-refractivity contribution in [3.63, 3.8) is 0 Å². The zero-order valence-electron chi connectivity index (χ0n) is 47.8. The fourth-order valence-electron chi connectivity index (χ4n) is 12.5. The minimum atomic E-state index is -3.04. The molecular formula is C63H80F2N10. The Kier molecular flexibility index (Phi) is 12.4. The van der Waals surface area contributed by atoms with Gasteiger partial charge in [0.25, 0.3) is 5.92 Å². The van der Waals surface area contributed by atoms with Crippen molar-refractivity contribution in [2.24, 2.45) is 16.7 Å². The molecule has 0 spiro atoms. The van der Waals surface area contributed by atoms with Crippen molar-refractivity contribution in [3.8, 4) is 56.2 Å². The quantitative estimate of drug-likeness (QED) is 0.173. The van der Waals surface area contributed by atoms with Crippen LogP contribution in [0.1, 0.15) is 177 Å². The second-order valence-corrected chi connectivity index (χ2v) is 27.9. The molecule has 3 aromatic heterocycles. The highest BCUT2D eigenvalue weighted by Gasteiger charge is 2.45. The second kappa shape index (κ2) is 17.8. The van der Waals surface area contributed by atoms with Crippen LogP contribution in [0.2, 0.25) is 0 Å². The van der Waals surface area contributed by atoms with Gasteiger partial charge < -0.3 is 4.90 Å². The molecule has 3 aliphatic rings. The first-order chi connectivity index (χ1) is 34.8. The number of benzene rings is 4. The van der Waals surface area contributed by atoms with Crippen molar-refractivity contribution in [1.29, 1.82) is 0 Å². The van der Waals surface area contributed by atoms with E-state index in [0.717, 1.165) is 81.1 Å². The van der Waals surface area contributed by atoms with E-state index in [1.807, 2.05) is 20.8 Å². The standard InChI is InChI=1S/C63H80F2N10/c1-57(2,3)49-35-41-20-18-19-21-44(41)52-54(74(69-66-52)60(10,11)12)46-27-24-40(34-47(46)49)39-23-26-45-42(33-39)37-72(58(4,5)6)50-28-22-38(32-48(50)55-53(45)67-70-75(55)61(13,14)15)36-62(16,17)43-25-29-51-56(63(64,65)31-30-43)68-71-73(51)59(7,8)9/h18-24,26-28,32-34,43,49H,25,29-31,35-37H2,1-17H3. The number of aromatic nitrogens is 9. The molecule has 2 atom stereocenters.